The lowest BCUT2D eigenvalue weighted by Crippen LogP contribution is -2.55. The number of fused-ring (bicyclic) bond motifs is 2. The van der Waals surface area contributed by atoms with Gasteiger partial charge in [0.1, 0.15) is 6.61 Å². The maximum Gasteiger partial charge on any atom is 0.410 e. The van der Waals surface area contributed by atoms with Gasteiger partial charge in [-0.05, 0) is 42.6 Å². The zero-order valence-corrected chi connectivity index (χ0v) is 17.9. The zero-order valence-electron chi connectivity index (χ0n) is 17.9. The van der Waals surface area contributed by atoms with Crippen molar-refractivity contribution in [2.45, 2.75) is 37.5 Å². The summed E-state index contributed by atoms with van der Waals surface area (Å²) in [7, 11) is 6.21. The van der Waals surface area contributed by atoms with Crippen LogP contribution in [0, 0.1) is 0 Å². The highest BCUT2D eigenvalue weighted by Gasteiger charge is 2.41. The Balaban J connectivity index is 1.35. The van der Waals surface area contributed by atoms with Gasteiger partial charge in [-0.3, -0.25) is 0 Å². The molecular weight excluding hydrogens is 374 g/mol. The molecule has 0 spiro atoms. The molecule has 3 atom stereocenters. The van der Waals surface area contributed by atoms with Crippen LogP contribution in [0.4, 0.5) is 4.79 Å². The van der Waals surface area contributed by atoms with Crippen molar-refractivity contribution < 1.29 is 9.53 Å². The van der Waals surface area contributed by atoms with Crippen LogP contribution in [0.3, 0.4) is 0 Å². The van der Waals surface area contributed by atoms with Crippen molar-refractivity contribution in [2.24, 2.45) is 7.05 Å². The summed E-state index contributed by atoms with van der Waals surface area (Å²) in [4.78, 5) is 17.0. The van der Waals surface area contributed by atoms with Crippen LogP contribution in [0.2, 0.25) is 0 Å². The maximum absolute atomic E-state index is 12.8. The molecule has 5 nitrogen and oxygen atoms in total. The fourth-order valence-electron chi connectivity index (χ4n) is 5.44. The fourth-order valence-corrected chi connectivity index (χ4v) is 5.44. The van der Waals surface area contributed by atoms with E-state index in [-0.39, 0.29) is 12.1 Å². The fraction of sp³-hybridized carbons (Fsp3) is 0.400. The molecule has 1 amide bonds. The average Bonchev–Trinajstić information content (AvgIpc) is 3.09. The van der Waals surface area contributed by atoms with E-state index in [1.165, 1.54) is 22.0 Å². The van der Waals surface area contributed by atoms with Crippen molar-refractivity contribution in [3.05, 3.63) is 71.4 Å². The summed E-state index contributed by atoms with van der Waals surface area (Å²) in [5.41, 5.74) is 5.20. The number of aromatic nitrogens is 1. The summed E-state index contributed by atoms with van der Waals surface area (Å²) in [6, 6.07) is 17.1. The molecule has 1 unspecified atom stereocenters. The molecule has 1 aliphatic carbocycles. The van der Waals surface area contributed by atoms with E-state index >= 15 is 0 Å². The first-order valence-corrected chi connectivity index (χ1v) is 10.7. The number of carbonyl (C=O) groups excluding carboxylic acids is 1. The number of benzene rings is 2. The van der Waals surface area contributed by atoms with Gasteiger partial charge in [-0.15, -0.1) is 0 Å². The number of amides is 1. The van der Waals surface area contributed by atoms with Gasteiger partial charge in [0, 0.05) is 55.7 Å². The highest BCUT2D eigenvalue weighted by Crippen LogP contribution is 2.44. The number of piperidine rings is 1. The summed E-state index contributed by atoms with van der Waals surface area (Å²) in [5.74, 6) is 0.428. The van der Waals surface area contributed by atoms with Crippen molar-refractivity contribution in [1.82, 2.24) is 14.4 Å². The van der Waals surface area contributed by atoms with Crippen LogP contribution < -0.4 is 0 Å². The molecule has 2 aromatic carbocycles. The topological polar surface area (TPSA) is 37.7 Å². The van der Waals surface area contributed by atoms with Gasteiger partial charge in [-0.1, -0.05) is 42.5 Å². The first kappa shape index (κ1) is 19.2. The Morgan fingerprint density at radius 1 is 1.13 bits per heavy atom. The van der Waals surface area contributed by atoms with Gasteiger partial charge < -0.3 is 19.1 Å². The Labute approximate surface area is 177 Å². The lowest BCUT2D eigenvalue weighted by atomic mass is 9.74. The van der Waals surface area contributed by atoms with Crippen LogP contribution in [0.1, 0.15) is 29.0 Å². The quantitative estimate of drug-likeness (QED) is 0.659. The molecule has 1 saturated heterocycles. The standard InChI is InChI=1S/C25H29N3O2/c1-26-14-18-12-23-21(20-10-7-11-22(26)24(18)20)13-19(15-27(23)2)28(3)25(29)30-16-17-8-5-4-6-9-17/h4-11,14,19,21,23H,12-13,15-16H2,1-3H3/t19-,21?,23-/m1/s1. The summed E-state index contributed by atoms with van der Waals surface area (Å²) < 4.78 is 7.84. The normalized spacial score (nSPS) is 23.2. The Kier molecular flexibility index (Phi) is 4.78. The second-order valence-corrected chi connectivity index (χ2v) is 8.86. The van der Waals surface area contributed by atoms with Crippen LogP contribution in [0.5, 0.6) is 0 Å². The Morgan fingerprint density at radius 3 is 2.73 bits per heavy atom. The number of ether oxygens (including phenoxy) is 1. The van der Waals surface area contributed by atoms with Gasteiger partial charge in [0.2, 0.25) is 0 Å². The largest absolute Gasteiger partial charge is 0.445 e. The molecule has 3 aromatic rings. The van der Waals surface area contributed by atoms with Gasteiger partial charge in [-0.25, -0.2) is 4.79 Å². The minimum absolute atomic E-state index is 0.139. The van der Waals surface area contributed by atoms with E-state index in [0.717, 1.165) is 24.9 Å². The minimum atomic E-state index is -0.245. The number of aryl methyl sites for hydroxylation is 1. The van der Waals surface area contributed by atoms with E-state index in [1.54, 1.807) is 4.90 Å². The lowest BCUT2D eigenvalue weighted by molar-refractivity contribution is 0.0501. The molecule has 5 heteroatoms. The molecule has 5 rings (SSSR count). The van der Waals surface area contributed by atoms with E-state index in [4.69, 9.17) is 4.74 Å². The molecule has 0 saturated carbocycles. The van der Waals surface area contributed by atoms with E-state index in [2.05, 4.69) is 48.0 Å². The van der Waals surface area contributed by atoms with Crippen LogP contribution in [0.25, 0.3) is 10.9 Å². The van der Waals surface area contributed by atoms with Crippen LogP contribution in [0.15, 0.2) is 54.7 Å². The average molecular weight is 404 g/mol. The van der Waals surface area contributed by atoms with Crippen molar-refractivity contribution in [2.75, 3.05) is 20.6 Å². The Morgan fingerprint density at radius 2 is 1.93 bits per heavy atom. The number of hydrogen-bond donors (Lipinski definition) is 0. The SMILES string of the molecule is CN1C[C@H](N(C)C(=O)OCc2ccccc2)CC2c3cccc4c3c(cn4C)C[C@H]21. The summed E-state index contributed by atoms with van der Waals surface area (Å²) in [6.45, 7) is 1.18. The number of rotatable bonds is 3. The number of likely N-dealkylation sites (tertiary alicyclic amines) is 1. The van der Waals surface area contributed by atoms with Gasteiger partial charge in [-0.2, -0.15) is 0 Å². The first-order chi connectivity index (χ1) is 14.5. The molecule has 0 radical (unpaired) electrons. The summed E-state index contributed by atoms with van der Waals surface area (Å²) in [6.07, 6.45) is 4.09. The van der Waals surface area contributed by atoms with Gasteiger partial charge in [0.15, 0.2) is 0 Å². The molecule has 30 heavy (non-hydrogen) atoms. The molecule has 1 fully saturated rings. The molecule has 1 aromatic heterocycles. The van der Waals surface area contributed by atoms with E-state index in [9.17, 15) is 4.79 Å². The predicted molar refractivity (Wildman–Crippen MR) is 119 cm³/mol. The van der Waals surface area contributed by atoms with Crippen molar-refractivity contribution in [1.29, 1.82) is 0 Å². The highest BCUT2D eigenvalue weighted by atomic mass is 16.6. The molecule has 2 heterocycles. The van der Waals surface area contributed by atoms with Crippen LogP contribution >= 0.6 is 0 Å². The van der Waals surface area contributed by atoms with E-state index in [0.29, 0.717) is 18.6 Å². The summed E-state index contributed by atoms with van der Waals surface area (Å²) >= 11 is 0. The number of likely N-dealkylation sites (N-methyl/N-ethyl adjacent to an activating group) is 2. The number of carbonyl (C=O) groups is 1. The Hall–Kier alpha value is -2.79. The van der Waals surface area contributed by atoms with Gasteiger partial charge >= 0.3 is 6.09 Å². The molecule has 2 aliphatic rings. The summed E-state index contributed by atoms with van der Waals surface area (Å²) in [5, 5.41) is 1.42. The van der Waals surface area contributed by atoms with Gasteiger partial charge in [0.25, 0.3) is 0 Å². The van der Waals surface area contributed by atoms with E-state index < -0.39 is 0 Å². The van der Waals surface area contributed by atoms with E-state index in [1.807, 2.05) is 37.4 Å². The minimum Gasteiger partial charge on any atom is -0.445 e. The second kappa shape index (κ2) is 7.47. The zero-order chi connectivity index (χ0) is 20.8. The third-order valence-electron chi connectivity index (χ3n) is 7.05. The third kappa shape index (κ3) is 3.18. The molecular formula is C25H29N3O2. The smallest absolute Gasteiger partial charge is 0.410 e. The molecule has 0 bridgehead atoms. The maximum atomic E-state index is 12.8. The molecule has 0 N–H and O–H groups in total. The molecule has 1 aliphatic heterocycles. The third-order valence-corrected chi connectivity index (χ3v) is 7.05. The monoisotopic (exact) mass is 403 g/mol. The molecule has 156 valence electrons. The van der Waals surface area contributed by atoms with Gasteiger partial charge in [0.05, 0.1) is 0 Å². The lowest BCUT2D eigenvalue weighted by Gasteiger charge is -2.47. The second-order valence-electron chi connectivity index (χ2n) is 8.86. The van der Waals surface area contributed by atoms with Crippen molar-refractivity contribution in [3.63, 3.8) is 0 Å². The Bertz CT molecular complexity index is 1070. The number of nitrogens with zero attached hydrogens (tertiary/aromatic N) is 3. The van der Waals surface area contributed by atoms with Crippen molar-refractivity contribution >= 4 is 17.0 Å². The number of hydrogen-bond acceptors (Lipinski definition) is 3. The predicted octanol–water partition coefficient (Wildman–Crippen LogP) is 4.16. The van der Waals surface area contributed by atoms with Crippen LogP contribution in [-0.4, -0.2) is 53.2 Å². The van der Waals surface area contributed by atoms with Crippen molar-refractivity contribution in [3.8, 4) is 0 Å². The van der Waals surface area contributed by atoms with Crippen LogP contribution in [-0.2, 0) is 24.8 Å². The highest BCUT2D eigenvalue weighted by molar-refractivity contribution is 5.89. The first-order valence-electron chi connectivity index (χ1n) is 10.7.